The zero-order chi connectivity index (χ0) is 17.9. The Morgan fingerprint density at radius 2 is 1.88 bits per heavy atom. The SMILES string of the molecule is COc1ccc(-n2nnc(C(=O)N[C@H](C(=O)O)C(C)C)c2C)cc1. The number of carboxylic acid groups (broad SMARTS) is 1. The van der Waals surface area contributed by atoms with Crippen molar-refractivity contribution in [3.63, 3.8) is 0 Å². The van der Waals surface area contributed by atoms with E-state index in [1.54, 1.807) is 52.1 Å². The molecule has 8 heteroatoms. The molecule has 0 spiro atoms. The second-order valence-electron chi connectivity index (χ2n) is 5.67. The van der Waals surface area contributed by atoms with Crippen molar-refractivity contribution in [1.82, 2.24) is 20.3 Å². The first-order valence-corrected chi connectivity index (χ1v) is 7.45. The van der Waals surface area contributed by atoms with E-state index in [0.717, 1.165) is 5.69 Å². The number of rotatable bonds is 6. The maximum absolute atomic E-state index is 12.3. The maximum Gasteiger partial charge on any atom is 0.326 e. The lowest BCUT2D eigenvalue weighted by Crippen LogP contribution is -2.44. The molecule has 2 aromatic rings. The minimum atomic E-state index is -1.08. The van der Waals surface area contributed by atoms with E-state index in [1.807, 2.05) is 0 Å². The Labute approximate surface area is 139 Å². The second kappa shape index (κ2) is 7.12. The van der Waals surface area contributed by atoms with Crippen molar-refractivity contribution in [3.8, 4) is 11.4 Å². The third kappa shape index (κ3) is 3.53. The molecule has 2 rings (SSSR count). The number of ether oxygens (including phenoxy) is 1. The molecule has 0 radical (unpaired) electrons. The topological polar surface area (TPSA) is 106 Å². The van der Waals surface area contributed by atoms with Crippen molar-refractivity contribution >= 4 is 11.9 Å². The van der Waals surface area contributed by atoms with E-state index in [1.165, 1.54) is 4.68 Å². The Kier molecular flexibility index (Phi) is 5.18. The molecule has 1 aromatic carbocycles. The summed E-state index contributed by atoms with van der Waals surface area (Å²) in [5.41, 5.74) is 1.33. The number of hydrogen-bond acceptors (Lipinski definition) is 5. The second-order valence-corrected chi connectivity index (χ2v) is 5.67. The van der Waals surface area contributed by atoms with Gasteiger partial charge in [0.2, 0.25) is 0 Å². The first-order valence-electron chi connectivity index (χ1n) is 7.45. The first-order chi connectivity index (χ1) is 11.3. The molecule has 0 fully saturated rings. The lowest BCUT2D eigenvalue weighted by Gasteiger charge is -2.17. The van der Waals surface area contributed by atoms with Crippen LogP contribution in [-0.2, 0) is 4.79 Å². The first kappa shape index (κ1) is 17.5. The molecule has 2 N–H and O–H groups in total. The van der Waals surface area contributed by atoms with E-state index in [2.05, 4.69) is 15.6 Å². The molecule has 1 heterocycles. The highest BCUT2D eigenvalue weighted by atomic mass is 16.5. The Morgan fingerprint density at radius 3 is 2.38 bits per heavy atom. The van der Waals surface area contributed by atoms with Crippen molar-refractivity contribution in [3.05, 3.63) is 35.7 Å². The van der Waals surface area contributed by atoms with Crippen molar-refractivity contribution in [2.75, 3.05) is 7.11 Å². The lowest BCUT2D eigenvalue weighted by molar-refractivity contribution is -0.140. The average molecular weight is 332 g/mol. The van der Waals surface area contributed by atoms with Crippen LogP contribution in [0.2, 0.25) is 0 Å². The minimum absolute atomic E-state index is 0.0951. The molecule has 8 nitrogen and oxygen atoms in total. The van der Waals surface area contributed by atoms with E-state index in [-0.39, 0.29) is 11.6 Å². The molecule has 0 aliphatic heterocycles. The van der Waals surface area contributed by atoms with Crippen LogP contribution in [0.5, 0.6) is 5.75 Å². The number of nitrogens with zero attached hydrogens (tertiary/aromatic N) is 3. The largest absolute Gasteiger partial charge is 0.497 e. The summed E-state index contributed by atoms with van der Waals surface area (Å²) in [5, 5.41) is 19.5. The monoisotopic (exact) mass is 332 g/mol. The summed E-state index contributed by atoms with van der Waals surface area (Å²) >= 11 is 0. The normalized spacial score (nSPS) is 12.0. The number of hydrogen-bond donors (Lipinski definition) is 2. The number of carbonyl (C=O) groups excluding carboxylic acids is 1. The van der Waals surface area contributed by atoms with Crippen LogP contribution in [0.1, 0.15) is 30.0 Å². The van der Waals surface area contributed by atoms with Crippen molar-refractivity contribution in [2.45, 2.75) is 26.8 Å². The van der Waals surface area contributed by atoms with E-state index in [4.69, 9.17) is 4.74 Å². The smallest absolute Gasteiger partial charge is 0.326 e. The molecular formula is C16H20N4O4. The number of amides is 1. The predicted molar refractivity (Wildman–Crippen MR) is 86.4 cm³/mol. The highest BCUT2D eigenvalue weighted by molar-refractivity contribution is 5.95. The van der Waals surface area contributed by atoms with Crippen molar-refractivity contribution < 1.29 is 19.4 Å². The van der Waals surface area contributed by atoms with Gasteiger partial charge in [-0.15, -0.1) is 5.10 Å². The van der Waals surface area contributed by atoms with E-state index < -0.39 is 17.9 Å². The highest BCUT2D eigenvalue weighted by Crippen LogP contribution is 2.17. The van der Waals surface area contributed by atoms with Crippen LogP contribution in [0.3, 0.4) is 0 Å². The van der Waals surface area contributed by atoms with Crippen LogP contribution in [0.4, 0.5) is 0 Å². The van der Waals surface area contributed by atoms with Crippen LogP contribution in [0.15, 0.2) is 24.3 Å². The van der Waals surface area contributed by atoms with Gasteiger partial charge in [-0.2, -0.15) is 0 Å². The van der Waals surface area contributed by atoms with Gasteiger partial charge in [0.1, 0.15) is 11.8 Å². The summed E-state index contributed by atoms with van der Waals surface area (Å²) in [6.45, 7) is 5.14. The zero-order valence-corrected chi connectivity index (χ0v) is 14.0. The Bertz CT molecular complexity index is 737. The van der Waals surface area contributed by atoms with Crippen molar-refractivity contribution in [1.29, 1.82) is 0 Å². The van der Waals surface area contributed by atoms with Gasteiger partial charge >= 0.3 is 5.97 Å². The molecule has 0 aliphatic carbocycles. The molecule has 0 aliphatic rings. The third-order valence-corrected chi connectivity index (χ3v) is 3.65. The number of methoxy groups -OCH3 is 1. The molecule has 24 heavy (non-hydrogen) atoms. The molecule has 1 amide bonds. The van der Waals surface area contributed by atoms with Gasteiger partial charge in [0, 0.05) is 0 Å². The summed E-state index contributed by atoms with van der Waals surface area (Å²) < 4.78 is 6.62. The molecule has 128 valence electrons. The molecule has 0 saturated heterocycles. The molecule has 0 saturated carbocycles. The van der Waals surface area contributed by atoms with Crippen LogP contribution in [0.25, 0.3) is 5.69 Å². The van der Waals surface area contributed by atoms with Gasteiger partial charge in [0.25, 0.3) is 5.91 Å². The number of carbonyl (C=O) groups is 2. The zero-order valence-electron chi connectivity index (χ0n) is 14.0. The lowest BCUT2D eigenvalue weighted by atomic mass is 10.0. The molecule has 0 unspecified atom stereocenters. The van der Waals surface area contributed by atoms with E-state index >= 15 is 0 Å². The Balaban J connectivity index is 2.25. The van der Waals surface area contributed by atoms with Crippen LogP contribution in [0, 0.1) is 12.8 Å². The van der Waals surface area contributed by atoms with Gasteiger partial charge in [-0.25, -0.2) is 9.48 Å². The fraction of sp³-hybridized carbons (Fsp3) is 0.375. The van der Waals surface area contributed by atoms with Crippen LogP contribution >= 0.6 is 0 Å². The fourth-order valence-corrected chi connectivity index (χ4v) is 2.23. The third-order valence-electron chi connectivity index (χ3n) is 3.65. The van der Waals surface area contributed by atoms with Crippen molar-refractivity contribution in [2.24, 2.45) is 5.92 Å². The summed E-state index contributed by atoms with van der Waals surface area (Å²) in [6, 6.07) is 6.14. The summed E-state index contributed by atoms with van der Waals surface area (Å²) in [7, 11) is 1.58. The molecule has 0 bridgehead atoms. The van der Waals surface area contributed by atoms with E-state index in [9.17, 15) is 14.7 Å². The fourth-order valence-electron chi connectivity index (χ4n) is 2.23. The van der Waals surface area contributed by atoms with Crippen LogP contribution in [-0.4, -0.2) is 45.1 Å². The average Bonchev–Trinajstić information content (AvgIpc) is 2.93. The number of aliphatic carboxylic acids is 1. The molecular weight excluding hydrogens is 312 g/mol. The van der Waals surface area contributed by atoms with E-state index in [0.29, 0.717) is 11.4 Å². The van der Waals surface area contributed by atoms with Gasteiger partial charge in [-0.3, -0.25) is 4.79 Å². The maximum atomic E-state index is 12.3. The summed E-state index contributed by atoms with van der Waals surface area (Å²) in [5.74, 6) is -1.19. The van der Waals surface area contributed by atoms with Gasteiger partial charge < -0.3 is 15.2 Å². The number of nitrogens with one attached hydrogen (secondary N) is 1. The quantitative estimate of drug-likeness (QED) is 0.828. The Morgan fingerprint density at radius 1 is 1.25 bits per heavy atom. The van der Waals surface area contributed by atoms with Crippen LogP contribution < -0.4 is 10.1 Å². The summed E-state index contributed by atoms with van der Waals surface area (Å²) in [4.78, 5) is 23.5. The number of carboxylic acids is 1. The van der Waals surface area contributed by atoms with Gasteiger partial charge in [-0.1, -0.05) is 19.1 Å². The number of aromatic nitrogens is 3. The summed E-state index contributed by atoms with van der Waals surface area (Å²) in [6.07, 6.45) is 0. The predicted octanol–water partition coefficient (Wildman–Crippen LogP) is 1.42. The minimum Gasteiger partial charge on any atom is -0.497 e. The highest BCUT2D eigenvalue weighted by Gasteiger charge is 2.26. The van der Waals surface area contributed by atoms with Gasteiger partial charge in [-0.05, 0) is 37.1 Å². The number of benzene rings is 1. The Hall–Kier alpha value is -2.90. The molecule has 1 atom stereocenters. The van der Waals surface area contributed by atoms with Gasteiger partial charge in [0.15, 0.2) is 5.69 Å². The standard InChI is InChI=1S/C16H20N4O4/c1-9(2)13(16(22)23)17-15(21)14-10(3)20(19-18-14)11-5-7-12(24-4)8-6-11/h5-9,13H,1-4H3,(H,17,21)(H,22,23)/t13-/m0/s1. The molecule has 1 aromatic heterocycles. The van der Waals surface area contributed by atoms with Gasteiger partial charge in [0.05, 0.1) is 18.5 Å².